The molecule has 188 valence electrons. The molecule has 2 heterocycles. The van der Waals surface area contributed by atoms with Gasteiger partial charge >= 0.3 is 12.1 Å². The van der Waals surface area contributed by atoms with Crippen molar-refractivity contribution < 1.29 is 28.2 Å². The molecule has 1 aliphatic rings. The summed E-state index contributed by atoms with van der Waals surface area (Å²) in [4.78, 5) is 23.9. The highest BCUT2D eigenvalue weighted by Gasteiger charge is 2.49. The highest BCUT2D eigenvalue weighted by atomic mass is 32.1. The van der Waals surface area contributed by atoms with Gasteiger partial charge in [-0.25, -0.2) is 15.0 Å². The molecule has 36 heavy (non-hydrogen) atoms. The van der Waals surface area contributed by atoms with Crippen molar-refractivity contribution in [3.63, 3.8) is 0 Å². The maximum absolute atomic E-state index is 13.0. The predicted molar refractivity (Wildman–Crippen MR) is 125 cm³/mol. The number of hydrogen-bond acceptors (Lipinski definition) is 8. The third-order valence-electron chi connectivity index (χ3n) is 6.29. The third-order valence-corrected chi connectivity index (χ3v) is 7.53. The highest BCUT2D eigenvalue weighted by Crippen LogP contribution is 2.51. The van der Waals surface area contributed by atoms with Crippen molar-refractivity contribution >= 4 is 28.9 Å². The maximum atomic E-state index is 13.0. The van der Waals surface area contributed by atoms with Gasteiger partial charge in [-0.05, 0) is 54.5 Å². The summed E-state index contributed by atoms with van der Waals surface area (Å²) in [7, 11) is 0. The van der Waals surface area contributed by atoms with Gasteiger partial charge in [-0.2, -0.15) is 18.4 Å². The molecule has 0 aliphatic heterocycles. The Bertz CT molecular complexity index is 1350. The lowest BCUT2D eigenvalue weighted by Gasteiger charge is -2.44. The first-order valence-corrected chi connectivity index (χ1v) is 11.8. The van der Waals surface area contributed by atoms with Crippen LogP contribution in [-0.2, 0) is 16.6 Å². The molecule has 0 amide bonds. The smallest absolute Gasteiger partial charge is 0.433 e. The van der Waals surface area contributed by atoms with Gasteiger partial charge in [0.15, 0.2) is 0 Å². The molecule has 0 spiro atoms. The first-order chi connectivity index (χ1) is 16.8. The Morgan fingerprint density at radius 2 is 2.03 bits per heavy atom. The molecule has 1 fully saturated rings. The van der Waals surface area contributed by atoms with E-state index in [9.17, 15) is 33.4 Å². The van der Waals surface area contributed by atoms with Crippen LogP contribution in [0.25, 0.3) is 10.4 Å². The molecule has 2 atom stereocenters. The number of thiazole rings is 1. The number of anilines is 2. The number of aliphatic hydroxyl groups is 1. The summed E-state index contributed by atoms with van der Waals surface area (Å²) in [6, 6.07) is 7.46. The van der Waals surface area contributed by atoms with E-state index in [2.05, 4.69) is 20.3 Å². The summed E-state index contributed by atoms with van der Waals surface area (Å²) in [5.41, 5.74) is -1.92. The Balaban J connectivity index is 1.63. The van der Waals surface area contributed by atoms with Gasteiger partial charge in [0, 0.05) is 18.1 Å². The van der Waals surface area contributed by atoms with Gasteiger partial charge in [-0.3, -0.25) is 4.79 Å². The van der Waals surface area contributed by atoms with Crippen molar-refractivity contribution in [2.24, 2.45) is 11.3 Å². The Labute approximate surface area is 208 Å². The number of alkyl halides is 3. The minimum atomic E-state index is -4.63. The molecule has 2 aromatic heterocycles. The average Bonchev–Trinajstić information content (AvgIpc) is 3.29. The van der Waals surface area contributed by atoms with Crippen LogP contribution < -0.4 is 5.32 Å². The number of carbonyl (C=O) groups is 1. The van der Waals surface area contributed by atoms with E-state index in [0.717, 1.165) is 12.3 Å². The van der Waals surface area contributed by atoms with Crippen LogP contribution in [0.5, 0.6) is 0 Å². The lowest BCUT2D eigenvalue weighted by molar-refractivity contribution is -0.154. The van der Waals surface area contributed by atoms with Crippen LogP contribution in [0.2, 0.25) is 0 Å². The number of hydrogen-bond donors (Lipinski definition) is 3. The maximum Gasteiger partial charge on any atom is 0.433 e. The average molecular weight is 518 g/mol. The molecular formula is C24H22F3N5O3S. The number of nitrogens with one attached hydrogen (secondary N) is 1. The second-order valence-corrected chi connectivity index (χ2v) is 10.5. The van der Waals surface area contributed by atoms with Gasteiger partial charge in [0.25, 0.3) is 0 Å². The fourth-order valence-corrected chi connectivity index (χ4v) is 5.63. The molecule has 1 saturated carbocycles. The van der Waals surface area contributed by atoms with E-state index in [1.807, 2.05) is 19.9 Å². The number of nitriles is 1. The van der Waals surface area contributed by atoms with E-state index in [0.29, 0.717) is 27.6 Å². The monoisotopic (exact) mass is 517 g/mol. The first kappa shape index (κ1) is 25.5. The van der Waals surface area contributed by atoms with E-state index in [1.165, 1.54) is 17.4 Å². The van der Waals surface area contributed by atoms with Gasteiger partial charge in [0.1, 0.15) is 16.3 Å². The summed E-state index contributed by atoms with van der Waals surface area (Å²) >= 11 is 1.22. The number of carboxylic acid groups (broad SMARTS) is 1. The second kappa shape index (κ2) is 9.15. The largest absolute Gasteiger partial charge is 0.481 e. The SMILES string of the molecule is CC1(C)C[C@@](O)(c2ncc(-c3cc(C#N)cc(Nc4nccc(C(F)(F)F)n4)c3)s2)CC[C@@H]1C(=O)O. The number of nitrogens with zero attached hydrogens (tertiary/aromatic N) is 4. The fourth-order valence-electron chi connectivity index (χ4n) is 4.61. The summed E-state index contributed by atoms with van der Waals surface area (Å²) in [5, 5.41) is 33.5. The van der Waals surface area contributed by atoms with Gasteiger partial charge in [0.2, 0.25) is 5.95 Å². The molecule has 0 radical (unpaired) electrons. The Kier molecular flexibility index (Phi) is 6.49. The summed E-state index contributed by atoms with van der Waals surface area (Å²) in [6.07, 6.45) is -1.31. The van der Waals surface area contributed by atoms with E-state index < -0.39 is 34.8 Å². The Morgan fingerprint density at radius 1 is 1.28 bits per heavy atom. The number of rotatable bonds is 5. The molecule has 12 heteroatoms. The number of aliphatic carboxylic acids is 1. The molecule has 0 unspecified atom stereocenters. The van der Waals surface area contributed by atoms with Crippen LogP contribution in [0.4, 0.5) is 24.8 Å². The summed E-state index contributed by atoms with van der Waals surface area (Å²) < 4.78 is 39.0. The standard InChI is InChI=1S/C24H22F3N5O3S/c1-22(2)12-23(35,5-3-16(22)19(33)34)20-30-11-17(36-20)14-7-13(10-28)8-15(9-14)31-21-29-6-4-18(32-21)24(25,26)27/h4,6-9,11,16,35H,3,5,12H2,1-2H3,(H,33,34)(H,29,31,32)/t16-,23-/m1/s1. The van der Waals surface area contributed by atoms with E-state index >= 15 is 0 Å². The van der Waals surface area contributed by atoms with Crippen molar-refractivity contribution in [2.75, 3.05) is 5.32 Å². The molecule has 0 bridgehead atoms. The highest BCUT2D eigenvalue weighted by molar-refractivity contribution is 7.15. The van der Waals surface area contributed by atoms with Crippen LogP contribution in [0.15, 0.2) is 36.7 Å². The minimum absolute atomic E-state index is 0.224. The molecule has 1 aromatic carbocycles. The number of halogens is 3. The Morgan fingerprint density at radius 3 is 2.67 bits per heavy atom. The van der Waals surface area contributed by atoms with E-state index in [4.69, 9.17) is 0 Å². The van der Waals surface area contributed by atoms with Crippen LogP contribution in [-0.4, -0.2) is 31.1 Å². The van der Waals surface area contributed by atoms with Crippen molar-refractivity contribution in [3.05, 3.63) is 52.9 Å². The van der Waals surface area contributed by atoms with Crippen LogP contribution in [0, 0.1) is 22.7 Å². The van der Waals surface area contributed by atoms with Crippen molar-refractivity contribution in [3.8, 4) is 16.5 Å². The zero-order valence-corrected chi connectivity index (χ0v) is 20.1. The number of aromatic nitrogens is 3. The lowest BCUT2D eigenvalue weighted by atomic mass is 9.63. The topological polar surface area (TPSA) is 132 Å². The summed E-state index contributed by atoms with van der Waals surface area (Å²) in [6.45, 7) is 3.63. The first-order valence-electron chi connectivity index (χ1n) is 10.9. The fraction of sp³-hybridized carbons (Fsp3) is 0.375. The van der Waals surface area contributed by atoms with Crippen LogP contribution >= 0.6 is 11.3 Å². The quantitative estimate of drug-likeness (QED) is 0.414. The number of benzene rings is 1. The van der Waals surface area contributed by atoms with Gasteiger partial charge < -0.3 is 15.5 Å². The molecule has 1 aliphatic carbocycles. The van der Waals surface area contributed by atoms with Crippen LogP contribution in [0.1, 0.15) is 49.4 Å². The normalized spacial score (nSPS) is 21.5. The molecule has 3 aromatic rings. The lowest BCUT2D eigenvalue weighted by Crippen LogP contribution is -2.44. The van der Waals surface area contributed by atoms with Crippen LogP contribution in [0.3, 0.4) is 0 Å². The zero-order valence-electron chi connectivity index (χ0n) is 19.3. The van der Waals surface area contributed by atoms with Crippen molar-refractivity contribution in [1.82, 2.24) is 15.0 Å². The molecular weight excluding hydrogens is 495 g/mol. The second-order valence-electron chi connectivity index (χ2n) is 9.46. The van der Waals surface area contributed by atoms with Gasteiger partial charge in [0.05, 0.1) is 22.4 Å². The zero-order chi connectivity index (χ0) is 26.3. The van der Waals surface area contributed by atoms with E-state index in [-0.39, 0.29) is 24.4 Å². The van der Waals surface area contributed by atoms with E-state index in [1.54, 1.807) is 18.3 Å². The number of carboxylic acids is 1. The van der Waals surface area contributed by atoms with Gasteiger partial charge in [-0.1, -0.05) is 13.8 Å². The van der Waals surface area contributed by atoms with Gasteiger partial charge in [-0.15, -0.1) is 11.3 Å². The molecule has 0 saturated heterocycles. The molecule has 3 N–H and O–H groups in total. The third kappa shape index (κ3) is 5.17. The van der Waals surface area contributed by atoms with Crippen molar-refractivity contribution in [1.29, 1.82) is 5.26 Å². The molecule has 4 rings (SSSR count). The Hall–Kier alpha value is -3.56. The van der Waals surface area contributed by atoms with Crippen molar-refractivity contribution in [2.45, 2.75) is 44.9 Å². The minimum Gasteiger partial charge on any atom is -0.481 e. The predicted octanol–water partition coefficient (Wildman–Crippen LogP) is 5.33. The molecule has 8 nitrogen and oxygen atoms in total. The summed E-state index contributed by atoms with van der Waals surface area (Å²) in [5.74, 6) is -1.74.